The summed E-state index contributed by atoms with van der Waals surface area (Å²) in [7, 11) is 0. The number of carbonyl (C=O) groups excluding carboxylic acids is 1. The number of carbonyl (C=O) groups is 1. The molecular formula is C15H22O. The molecule has 0 fully saturated rings. The first-order valence-electron chi connectivity index (χ1n) is 5.82. The summed E-state index contributed by atoms with van der Waals surface area (Å²) in [4.78, 5) is 11.6. The van der Waals surface area contributed by atoms with Gasteiger partial charge >= 0.3 is 0 Å². The number of Topliss-reactive ketones (excluding diaryl/α,β-unsaturated/α-hetero) is 1. The highest BCUT2D eigenvalue weighted by molar-refractivity contribution is 5.81. The predicted molar refractivity (Wildman–Crippen MR) is 68.8 cm³/mol. The van der Waals surface area contributed by atoms with Crippen LogP contribution in [0.2, 0.25) is 0 Å². The van der Waals surface area contributed by atoms with Crippen molar-refractivity contribution >= 4 is 5.78 Å². The molecule has 0 spiro atoms. The zero-order chi connectivity index (χ0) is 12.5. The molecule has 0 saturated heterocycles. The van der Waals surface area contributed by atoms with Gasteiger partial charge in [0.1, 0.15) is 5.78 Å². The van der Waals surface area contributed by atoms with Crippen LogP contribution < -0.4 is 0 Å². The molecule has 0 N–H and O–H groups in total. The summed E-state index contributed by atoms with van der Waals surface area (Å²) in [5.74, 6) is 0.256. The van der Waals surface area contributed by atoms with Gasteiger partial charge in [-0.3, -0.25) is 4.79 Å². The Balaban J connectivity index is 3.11. The molecule has 0 aliphatic heterocycles. The Morgan fingerprint density at radius 2 is 1.56 bits per heavy atom. The second-order valence-corrected chi connectivity index (χ2v) is 5.49. The van der Waals surface area contributed by atoms with Gasteiger partial charge in [-0.1, -0.05) is 31.5 Å². The molecule has 0 aliphatic rings. The van der Waals surface area contributed by atoms with Crippen molar-refractivity contribution in [3.8, 4) is 0 Å². The van der Waals surface area contributed by atoms with Gasteiger partial charge in [0.25, 0.3) is 0 Å². The van der Waals surface area contributed by atoms with Crippen molar-refractivity contribution in [2.24, 2.45) is 5.41 Å². The Hall–Kier alpha value is -1.11. The smallest absolute Gasteiger partial charge is 0.135 e. The maximum atomic E-state index is 11.6. The Morgan fingerprint density at radius 1 is 1.12 bits per heavy atom. The van der Waals surface area contributed by atoms with E-state index in [1.807, 2.05) is 13.8 Å². The second kappa shape index (κ2) is 4.40. The summed E-state index contributed by atoms with van der Waals surface area (Å²) >= 11 is 0. The molecule has 0 aromatic heterocycles. The van der Waals surface area contributed by atoms with Crippen molar-refractivity contribution in [2.75, 3.05) is 0 Å². The van der Waals surface area contributed by atoms with Gasteiger partial charge in [-0.25, -0.2) is 0 Å². The van der Waals surface area contributed by atoms with Gasteiger partial charge in [0.2, 0.25) is 0 Å². The van der Waals surface area contributed by atoms with Crippen LogP contribution in [0.1, 0.15) is 43.0 Å². The van der Waals surface area contributed by atoms with E-state index in [0.717, 1.165) is 6.42 Å². The normalized spacial score (nSPS) is 11.6. The van der Waals surface area contributed by atoms with Gasteiger partial charge in [-0.2, -0.15) is 0 Å². The number of aryl methyl sites for hydroxylation is 3. The van der Waals surface area contributed by atoms with E-state index >= 15 is 0 Å². The molecule has 88 valence electrons. The average molecular weight is 218 g/mol. The van der Waals surface area contributed by atoms with Crippen LogP contribution in [0, 0.1) is 26.2 Å². The van der Waals surface area contributed by atoms with Gasteiger partial charge < -0.3 is 0 Å². The van der Waals surface area contributed by atoms with E-state index in [1.54, 1.807) is 6.92 Å². The summed E-state index contributed by atoms with van der Waals surface area (Å²) in [6.07, 6.45) is 0.834. The van der Waals surface area contributed by atoms with Crippen LogP contribution in [-0.2, 0) is 11.2 Å². The van der Waals surface area contributed by atoms with E-state index in [2.05, 4.69) is 32.9 Å². The van der Waals surface area contributed by atoms with Crippen molar-refractivity contribution in [2.45, 2.75) is 48.0 Å². The van der Waals surface area contributed by atoms with E-state index < -0.39 is 0 Å². The number of ketones is 1. The number of hydrogen-bond donors (Lipinski definition) is 0. The van der Waals surface area contributed by atoms with Gasteiger partial charge in [-0.05, 0) is 50.8 Å². The Bertz CT molecular complexity index is 390. The van der Waals surface area contributed by atoms with E-state index in [9.17, 15) is 4.79 Å². The minimum atomic E-state index is -0.259. The lowest BCUT2D eigenvalue weighted by atomic mass is 9.79. The molecule has 1 nitrogen and oxygen atoms in total. The van der Waals surface area contributed by atoms with Crippen LogP contribution in [0.15, 0.2) is 12.1 Å². The Morgan fingerprint density at radius 3 is 1.94 bits per heavy atom. The quantitative estimate of drug-likeness (QED) is 0.754. The largest absolute Gasteiger partial charge is 0.299 e. The molecular weight excluding hydrogens is 196 g/mol. The molecule has 0 amide bonds. The third kappa shape index (κ3) is 2.72. The molecule has 0 heterocycles. The molecule has 0 bridgehead atoms. The topological polar surface area (TPSA) is 17.1 Å². The van der Waals surface area contributed by atoms with E-state index in [4.69, 9.17) is 0 Å². The molecule has 0 unspecified atom stereocenters. The number of hydrogen-bond acceptors (Lipinski definition) is 1. The first-order valence-corrected chi connectivity index (χ1v) is 5.82. The zero-order valence-corrected chi connectivity index (χ0v) is 11.3. The summed E-state index contributed by atoms with van der Waals surface area (Å²) in [5.41, 5.74) is 4.95. The molecule has 1 heteroatoms. The van der Waals surface area contributed by atoms with Crippen LogP contribution in [0.4, 0.5) is 0 Å². The SMILES string of the molecule is CC(=O)C(C)(C)Cc1c(C)cc(C)cc1C. The third-order valence-electron chi connectivity index (χ3n) is 3.41. The molecule has 1 rings (SSSR count). The lowest BCUT2D eigenvalue weighted by Gasteiger charge is -2.23. The summed E-state index contributed by atoms with van der Waals surface area (Å²) in [6.45, 7) is 12.1. The number of benzene rings is 1. The maximum absolute atomic E-state index is 11.6. The highest BCUT2D eigenvalue weighted by Crippen LogP contribution is 2.27. The van der Waals surface area contributed by atoms with Crippen molar-refractivity contribution in [3.05, 3.63) is 34.4 Å². The second-order valence-electron chi connectivity index (χ2n) is 5.49. The summed E-state index contributed by atoms with van der Waals surface area (Å²) in [6, 6.07) is 4.39. The molecule has 1 aromatic rings. The standard InChI is InChI=1S/C15H22O/c1-10-7-11(2)14(12(3)8-10)9-15(5,6)13(4)16/h7-8H,9H2,1-6H3. The van der Waals surface area contributed by atoms with Crippen molar-refractivity contribution in [3.63, 3.8) is 0 Å². The van der Waals surface area contributed by atoms with E-state index in [0.29, 0.717) is 0 Å². The lowest BCUT2D eigenvalue weighted by Crippen LogP contribution is -2.25. The monoisotopic (exact) mass is 218 g/mol. The summed E-state index contributed by atoms with van der Waals surface area (Å²) < 4.78 is 0. The van der Waals surface area contributed by atoms with Gasteiger partial charge in [0, 0.05) is 5.41 Å². The van der Waals surface area contributed by atoms with Gasteiger partial charge in [0.05, 0.1) is 0 Å². The maximum Gasteiger partial charge on any atom is 0.135 e. The fourth-order valence-corrected chi connectivity index (χ4v) is 2.06. The minimum Gasteiger partial charge on any atom is -0.299 e. The minimum absolute atomic E-state index is 0.256. The summed E-state index contributed by atoms with van der Waals surface area (Å²) in [5, 5.41) is 0. The molecule has 0 radical (unpaired) electrons. The van der Waals surface area contributed by atoms with Gasteiger partial charge in [-0.15, -0.1) is 0 Å². The fraction of sp³-hybridized carbons (Fsp3) is 0.533. The van der Waals surface area contributed by atoms with Crippen LogP contribution >= 0.6 is 0 Å². The third-order valence-corrected chi connectivity index (χ3v) is 3.41. The predicted octanol–water partition coefficient (Wildman–Crippen LogP) is 3.77. The van der Waals surface area contributed by atoms with Crippen LogP contribution in [0.5, 0.6) is 0 Å². The van der Waals surface area contributed by atoms with E-state index in [-0.39, 0.29) is 11.2 Å². The van der Waals surface area contributed by atoms with Crippen LogP contribution in [0.3, 0.4) is 0 Å². The molecule has 16 heavy (non-hydrogen) atoms. The van der Waals surface area contributed by atoms with Crippen LogP contribution in [0.25, 0.3) is 0 Å². The average Bonchev–Trinajstić information content (AvgIpc) is 2.11. The van der Waals surface area contributed by atoms with Crippen molar-refractivity contribution in [1.29, 1.82) is 0 Å². The molecule has 0 saturated carbocycles. The number of rotatable bonds is 3. The lowest BCUT2D eigenvalue weighted by molar-refractivity contribution is -0.124. The highest BCUT2D eigenvalue weighted by Gasteiger charge is 2.25. The Labute approximate surface area is 98.9 Å². The van der Waals surface area contributed by atoms with Gasteiger partial charge in [0.15, 0.2) is 0 Å². The van der Waals surface area contributed by atoms with Crippen molar-refractivity contribution in [1.82, 2.24) is 0 Å². The fourth-order valence-electron chi connectivity index (χ4n) is 2.06. The molecule has 1 aromatic carbocycles. The molecule has 0 aliphatic carbocycles. The van der Waals surface area contributed by atoms with Crippen molar-refractivity contribution < 1.29 is 4.79 Å². The molecule has 0 atom stereocenters. The first-order chi connectivity index (χ1) is 7.24. The van der Waals surface area contributed by atoms with E-state index in [1.165, 1.54) is 22.3 Å². The zero-order valence-electron chi connectivity index (χ0n) is 11.3. The Kier molecular flexibility index (Phi) is 3.57. The van der Waals surface area contributed by atoms with Crippen LogP contribution in [-0.4, -0.2) is 5.78 Å². The highest BCUT2D eigenvalue weighted by atomic mass is 16.1. The first kappa shape index (κ1) is 13.0.